The molecule has 0 radical (unpaired) electrons. The van der Waals surface area contributed by atoms with Crippen LogP contribution in [-0.2, 0) is 10.5 Å². The van der Waals surface area contributed by atoms with Gasteiger partial charge in [0.15, 0.2) is 0 Å². The highest BCUT2D eigenvalue weighted by atomic mass is 32.2. The number of thioether (sulfide) groups is 1. The fourth-order valence-corrected chi connectivity index (χ4v) is 2.53. The standard InChI is InChI=1S/C13H18O2S/c1-9-4-5-10(2)12(6-9)8-16-11(3)7-13(14)15/h4-6,11H,7-8H2,1-3H3,(H,14,15). The third-order valence-corrected chi connectivity index (χ3v) is 3.70. The van der Waals surface area contributed by atoms with Crippen molar-refractivity contribution < 1.29 is 9.90 Å². The number of aliphatic carboxylic acids is 1. The number of hydrogen-bond acceptors (Lipinski definition) is 2. The summed E-state index contributed by atoms with van der Waals surface area (Å²) in [5, 5.41) is 8.83. The molecule has 88 valence electrons. The lowest BCUT2D eigenvalue weighted by Crippen LogP contribution is -2.06. The molecule has 1 aromatic rings. The minimum atomic E-state index is -0.721. The number of carboxylic acid groups (broad SMARTS) is 1. The Balaban J connectivity index is 2.54. The van der Waals surface area contributed by atoms with Crippen molar-refractivity contribution >= 4 is 17.7 Å². The van der Waals surface area contributed by atoms with Crippen LogP contribution in [0.25, 0.3) is 0 Å². The van der Waals surface area contributed by atoms with E-state index >= 15 is 0 Å². The van der Waals surface area contributed by atoms with Gasteiger partial charge in [-0.25, -0.2) is 0 Å². The fourth-order valence-electron chi connectivity index (χ4n) is 1.49. The van der Waals surface area contributed by atoms with Gasteiger partial charge in [-0.1, -0.05) is 30.7 Å². The molecule has 16 heavy (non-hydrogen) atoms. The van der Waals surface area contributed by atoms with Crippen LogP contribution in [0.2, 0.25) is 0 Å². The second-order valence-corrected chi connectivity index (χ2v) is 5.58. The van der Waals surface area contributed by atoms with Crippen molar-refractivity contribution in [3.8, 4) is 0 Å². The first-order valence-electron chi connectivity index (χ1n) is 5.38. The van der Waals surface area contributed by atoms with E-state index < -0.39 is 5.97 Å². The first-order chi connectivity index (χ1) is 7.49. The van der Waals surface area contributed by atoms with Gasteiger partial charge in [-0.3, -0.25) is 4.79 Å². The van der Waals surface area contributed by atoms with Crippen LogP contribution >= 0.6 is 11.8 Å². The van der Waals surface area contributed by atoms with E-state index in [0.717, 1.165) is 5.75 Å². The highest BCUT2D eigenvalue weighted by Crippen LogP contribution is 2.22. The fraction of sp³-hybridized carbons (Fsp3) is 0.462. The van der Waals surface area contributed by atoms with E-state index in [0.29, 0.717) is 0 Å². The Hall–Kier alpha value is -0.960. The van der Waals surface area contributed by atoms with E-state index in [1.54, 1.807) is 11.8 Å². The van der Waals surface area contributed by atoms with Crippen LogP contribution in [-0.4, -0.2) is 16.3 Å². The van der Waals surface area contributed by atoms with Crippen molar-refractivity contribution in [3.63, 3.8) is 0 Å². The van der Waals surface area contributed by atoms with Crippen LogP contribution in [0.4, 0.5) is 0 Å². The van der Waals surface area contributed by atoms with Gasteiger partial charge in [0.1, 0.15) is 0 Å². The Bertz CT molecular complexity index is 374. The van der Waals surface area contributed by atoms with Crippen molar-refractivity contribution in [1.82, 2.24) is 0 Å². The summed E-state index contributed by atoms with van der Waals surface area (Å²) in [7, 11) is 0. The van der Waals surface area contributed by atoms with Crippen LogP contribution in [0.3, 0.4) is 0 Å². The molecule has 0 bridgehead atoms. The molecule has 1 atom stereocenters. The Morgan fingerprint density at radius 3 is 2.75 bits per heavy atom. The summed E-state index contributed by atoms with van der Waals surface area (Å²) in [5.41, 5.74) is 3.84. The minimum absolute atomic E-state index is 0.164. The summed E-state index contributed by atoms with van der Waals surface area (Å²) in [6.07, 6.45) is 0.232. The number of hydrogen-bond donors (Lipinski definition) is 1. The number of carboxylic acids is 1. The van der Waals surface area contributed by atoms with Gasteiger partial charge < -0.3 is 5.11 Å². The van der Waals surface area contributed by atoms with Crippen LogP contribution < -0.4 is 0 Å². The topological polar surface area (TPSA) is 37.3 Å². The number of carbonyl (C=O) groups is 1. The molecule has 1 rings (SSSR count). The molecule has 2 nitrogen and oxygen atoms in total. The van der Waals surface area contributed by atoms with Gasteiger partial charge in [0, 0.05) is 11.0 Å². The molecule has 0 saturated heterocycles. The minimum Gasteiger partial charge on any atom is -0.481 e. The Kier molecular flexibility index (Phi) is 4.87. The lowest BCUT2D eigenvalue weighted by Gasteiger charge is -2.10. The van der Waals surface area contributed by atoms with Crippen molar-refractivity contribution in [2.75, 3.05) is 0 Å². The SMILES string of the molecule is Cc1ccc(C)c(CSC(C)CC(=O)O)c1. The lowest BCUT2D eigenvalue weighted by atomic mass is 10.1. The molecule has 0 fully saturated rings. The number of benzene rings is 1. The zero-order valence-electron chi connectivity index (χ0n) is 9.99. The Morgan fingerprint density at radius 2 is 2.12 bits per heavy atom. The molecule has 1 N–H and O–H groups in total. The molecule has 3 heteroatoms. The van der Waals surface area contributed by atoms with Crippen molar-refractivity contribution in [2.45, 2.75) is 38.2 Å². The molecule has 0 aliphatic carbocycles. The summed E-state index contributed by atoms with van der Waals surface area (Å²) in [4.78, 5) is 10.5. The Morgan fingerprint density at radius 1 is 1.44 bits per heavy atom. The highest BCUT2D eigenvalue weighted by Gasteiger charge is 2.08. The first-order valence-corrected chi connectivity index (χ1v) is 6.43. The molecular formula is C13H18O2S. The van der Waals surface area contributed by atoms with Gasteiger partial charge in [-0.15, -0.1) is 0 Å². The zero-order chi connectivity index (χ0) is 12.1. The van der Waals surface area contributed by atoms with Crippen molar-refractivity contribution in [3.05, 3.63) is 34.9 Å². The van der Waals surface area contributed by atoms with E-state index in [1.807, 2.05) is 6.92 Å². The van der Waals surface area contributed by atoms with Gasteiger partial charge in [-0.2, -0.15) is 11.8 Å². The Labute approximate surface area is 101 Å². The maximum absolute atomic E-state index is 10.5. The third kappa shape index (κ3) is 4.27. The molecule has 1 aromatic carbocycles. The molecule has 1 unspecified atom stereocenters. The molecule has 0 heterocycles. The predicted molar refractivity (Wildman–Crippen MR) is 68.9 cm³/mol. The molecular weight excluding hydrogens is 220 g/mol. The van der Waals surface area contributed by atoms with Gasteiger partial charge in [0.25, 0.3) is 0 Å². The highest BCUT2D eigenvalue weighted by molar-refractivity contribution is 7.99. The summed E-state index contributed by atoms with van der Waals surface area (Å²) < 4.78 is 0. The molecule has 0 aliphatic rings. The zero-order valence-corrected chi connectivity index (χ0v) is 10.8. The summed E-state index contributed by atoms with van der Waals surface area (Å²) >= 11 is 1.70. The van der Waals surface area contributed by atoms with E-state index in [-0.39, 0.29) is 11.7 Å². The van der Waals surface area contributed by atoms with E-state index in [4.69, 9.17) is 5.11 Å². The summed E-state index contributed by atoms with van der Waals surface area (Å²) in [5.74, 6) is 0.170. The summed E-state index contributed by atoms with van der Waals surface area (Å²) in [6.45, 7) is 6.13. The second kappa shape index (κ2) is 5.94. The predicted octanol–water partition coefficient (Wildman–Crippen LogP) is 3.40. The maximum Gasteiger partial charge on any atom is 0.304 e. The molecule has 0 aliphatic heterocycles. The smallest absolute Gasteiger partial charge is 0.304 e. The number of rotatable bonds is 5. The van der Waals surface area contributed by atoms with E-state index in [9.17, 15) is 4.79 Å². The van der Waals surface area contributed by atoms with Crippen molar-refractivity contribution in [1.29, 1.82) is 0 Å². The molecule has 0 spiro atoms. The first kappa shape index (κ1) is 13.1. The monoisotopic (exact) mass is 238 g/mol. The third-order valence-electron chi connectivity index (χ3n) is 2.49. The normalized spacial score (nSPS) is 12.4. The van der Waals surface area contributed by atoms with Gasteiger partial charge in [0.05, 0.1) is 6.42 Å². The molecule has 0 saturated carbocycles. The molecule has 0 aromatic heterocycles. The molecule has 0 amide bonds. The van der Waals surface area contributed by atoms with E-state index in [2.05, 4.69) is 32.0 Å². The second-order valence-electron chi connectivity index (χ2n) is 4.15. The lowest BCUT2D eigenvalue weighted by molar-refractivity contribution is -0.136. The largest absolute Gasteiger partial charge is 0.481 e. The van der Waals surface area contributed by atoms with Gasteiger partial charge >= 0.3 is 5.97 Å². The van der Waals surface area contributed by atoms with Crippen LogP contribution in [0.15, 0.2) is 18.2 Å². The van der Waals surface area contributed by atoms with E-state index in [1.165, 1.54) is 16.7 Å². The van der Waals surface area contributed by atoms with Crippen LogP contribution in [0.5, 0.6) is 0 Å². The average Bonchev–Trinajstić information content (AvgIpc) is 2.18. The van der Waals surface area contributed by atoms with Gasteiger partial charge in [0.2, 0.25) is 0 Å². The average molecular weight is 238 g/mol. The van der Waals surface area contributed by atoms with Crippen LogP contribution in [0, 0.1) is 13.8 Å². The maximum atomic E-state index is 10.5. The number of aryl methyl sites for hydroxylation is 2. The summed E-state index contributed by atoms with van der Waals surface area (Å²) in [6, 6.07) is 6.40. The van der Waals surface area contributed by atoms with Crippen molar-refractivity contribution in [2.24, 2.45) is 0 Å². The quantitative estimate of drug-likeness (QED) is 0.854. The van der Waals surface area contributed by atoms with Crippen LogP contribution in [0.1, 0.15) is 30.0 Å². The van der Waals surface area contributed by atoms with Gasteiger partial charge in [-0.05, 0) is 25.0 Å².